The molecule has 85 valence electrons. The minimum absolute atomic E-state index is 0.706. The van der Waals surface area contributed by atoms with Crippen LogP contribution in [0.5, 0.6) is 5.75 Å². The van der Waals surface area contributed by atoms with Crippen LogP contribution in [0.25, 0.3) is 6.08 Å². The van der Waals surface area contributed by atoms with Gasteiger partial charge in [0.15, 0.2) is 0 Å². The minimum atomic E-state index is 0.706. The second-order valence-electron chi connectivity index (χ2n) is 4.25. The largest absolute Gasteiger partial charge is 0.489 e. The third-order valence-corrected chi connectivity index (χ3v) is 2.93. The zero-order valence-electron chi connectivity index (χ0n) is 9.74. The van der Waals surface area contributed by atoms with Crippen molar-refractivity contribution in [3.8, 4) is 5.75 Å². The minimum Gasteiger partial charge on any atom is -0.489 e. The maximum absolute atomic E-state index is 5.59. The highest BCUT2D eigenvalue weighted by molar-refractivity contribution is 5.60. The van der Waals surface area contributed by atoms with Gasteiger partial charge in [-0.15, -0.1) is 0 Å². The molecule has 0 saturated carbocycles. The van der Waals surface area contributed by atoms with Crippen molar-refractivity contribution in [1.29, 1.82) is 0 Å². The Labute approximate surface area is 98.1 Å². The van der Waals surface area contributed by atoms with Crippen LogP contribution in [0.15, 0.2) is 24.3 Å². The monoisotopic (exact) mass is 215 g/mol. The summed E-state index contributed by atoms with van der Waals surface area (Å²) >= 11 is 0. The topological polar surface area (TPSA) is 9.23 Å². The Kier molecular flexibility index (Phi) is 4.03. The number of hydrogen-bond donors (Lipinski definition) is 0. The molecule has 0 saturated heterocycles. The molecule has 0 N–H and O–H groups in total. The maximum Gasteiger partial charge on any atom is 0.127 e. The molecule has 0 amide bonds. The van der Waals surface area contributed by atoms with E-state index in [1.165, 1.54) is 30.4 Å². The molecule has 2 rings (SSSR count). The molecule has 1 radical (unpaired) electrons. The fourth-order valence-corrected chi connectivity index (χ4v) is 1.99. The Morgan fingerprint density at radius 1 is 1.19 bits per heavy atom. The van der Waals surface area contributed by atoms with Crippen molar-refractivity contribution in [3.05, 3.63) is 42.3 Å². The van der Waals surface area contributed by atoms with Gasteiger partial charge in [0, 0.05) is 5.56 Å². The lowest BCUT2D eigenvalue weighted by atomic mass is 10.0. The molecule has 1 heteroatoms. The van der Waals surface area contributed by atoms with Gasteiger partial charge in [0.1, 0.15) is 12.4 Å². The van der Waals surface area contributed by atoms with Gasteiger partial charge in [-0.25, -0.2) is 0 Å². The van der Waals surface area contributed by atoms with Crippen molar-refractivity contribution in [2.75, 3.05) is 6.61 Å². The Morgan fingerprint density at radius 3 is 3.00 bits per heavy atom. The van der Waals surface area contributed by atoms with Crippen LogP contribution in [0.1, 0.15) is 36.8 Å². The van der Waals surface area contributed by atoms with Crippen LogP contribution in [0.4, 0.5) is 0 Å². The van der Waals surface area contributed by atoms with E-state index in [9.17, 15) is 0 Å². The van der Waals surface area contributed by atoms with Gasteiger partial charge in [0.25, 0.3) is 0 Å². The van der Waals surface area contributed by atoms with Crippen molar-refractivity contribution in [3.63, 3.8) is 0 Å². The summed E-state index contributed by atoms with van der Waals surface area (Å²) in [6.45, 7) is 4.57. The van der Waals surface area contributed by atoms with E-state index in [4.69, 9.17) is 4.74 Å². The second kappa shape index (κ2) is 5.74. The number of fused-ring (bicyclic) bond motifs is 1. The third kappa shape index (κ3) is 2.88. The van der Waals surface area contributed by atoms with Crippen LogP contribution in [0.2, 0.25) is 0 Å². The summed E-state index contributed by atoms with van der Waals surface area (Å²) < 4.78 is 5.59. The molecule has 1 aliphatic heterocycles. The zero-order chi connectivity index (χ0) is 11.2. The van der Waals surface area contributed by atoms with Crippen LogP contribution in [0, 0.1) is 6.92 Å². The third-order valence-electron chi connectivity index (χ3n) is 2.93. The quantitative estimate of drug-likeness (QED) is 0.674. The second-order valence-corrected chi connectivity index (χ2v) is 4.25. The van der Waals surface area contributed by atoms with Gasteiger partial charge in [-0.05, 0) is 30.5 Å². The molecule has 0 spiro atoms. The summed E-state index contributed by atoms with van der Waals surface area (Å²) in [6.07, 6.45) is 10.2. The molecule has 1 aromatic carbocycles. The van der Waals surface area contributed by atoms with E-state index < -0.39 is 0 Å². The maximum atomic E-state index is 5.59. The normalized spacial score (nSPS) is 13.3. The molecular formula is C15H19O. The van der Waals surface area contributed by atoms with E-state index in [0.717, 1.165) is 18.6 Å². The molecule has 0 atom stereocenters. The molecule has 1 nitrogen and oxygen atoms in total. The van der Waals surface area contributed by atoms with E-state index in [-0.39, 0.29) is 0 Å². The van der Waals surface area contributed by atoms with E-state index >= 15 is 0 Å². The van der Waals surface area contributed by atoms with E-state index in [0.29, 0.717) is 6.61 Å². The lowest BCUT2D eigenvalue weighted by molar-refractivity contribution is 0.358. The summed E-state index contributed by atoms with van der Waals surface area (Å²) in [4.78, 5) is 0. The van der Waals surface area contributed by atoms with Crippen LogP contribution >= 0.6 is 0 Å². The van der Waals surface area contributed by atoms with Crippen molar-refractivity contribution >= 4 is 6.08 Å². The predicted molar refractivity (Wildman–Crippen MR) is 68.5 cm³/mol. The number of aryl methyl sites for hydroxylation is 1. The summed E-state index contributed by atoms with van der Waals surface area (Å²) in [5, 5.41) is 0. The van der Waals surface area contributed by atoms with Crippen LogP contribution in [-0.2, 0) is 6.42 Å². The van der Waals surface area contributed by atoms with Crippen molar-refractivity contribution in [2.24, 2.45) is 0 Å². The Balaban J connectivity index is 1.93. The van der Waals surface area contributed by atoms with Crippen molar-refractivity contribution in [1.82, 2.24) is 0 Å². The summed E-state index contributed by atoms with van der Waals surface area (Å²) in [6, 6.07) is 6.55. The molecule has 1 aromatic rings. The summed E-state index contributed by atoms with van der Waals surface area (Å²) in [5.41, 5.74) is 2.59. The molecule has 0 unspecified atom stereocenters. The fraction of sp³-hybridized carbons (Fsp3) is 0.400. The molecule has 0 fully saturated rings. The molecule has 16 heavy (non-hydrogen) atoms. The highest BCUT2D eigenvalue weighted by Gasteiger charge is 2.05. The van der Waals surface area contributed by atoms with Gasteiger partial charge in [0.05, 0.1) is 0 Å². The molecule has 1 aliphatic rings. The molecule has 0 aliphatic carbocycles. The molecule has 1 heterocycles. The lowest BCUT2D eigenvalue weighted by Crippen LogP contribution is -2.00. The number of hydrogen-bond acceptors (Lipinski definition) is 1. The Hall–Kier alpha value is -1.24. The Morgan fingerprint density at radius 2 is 2.12 bits per heavy atom. The van der Waals surface area contributed by atoms with Crippen LogP contribution < -0.4 is 4.74 Å². The van der Waals surface area contributed by atoms with Crippen molar-refractivity contribution in [2.45, 2.75) is 32.1 Å². The summed E-state index contributed by atoms with van der Waals surface area (Å²) in [5.74, 6) is 1.04. The standard InChI is InChI=1S/C15H19O/c1-2-3-4-5-7-13-9-10-14-8-6-11-16-15(14)12-13/h6,8-10,12H,1-5,7,11H2. The lowest BCUT2D eigenvalue weighted by Gasteiger charge is -2.13. The average Bonchev–Trinajstić information content (AvgIpc) is 2.34. The van der Waals surface area contributed by atoms with Gasteiger partial charge in [0.2, 0.25) is 0 Å². The first kappa shape index (κ1) is 11.3. The van der Waals surface area contributed by atoms with Gasteiger partial charge in [-0.3, -0.25) is 0 Å². The molecular weight excluding hydrogens is 196 g/mol. The van der Waals surface area contributed by atoms with Crippen LogP contribution in [-0.4, -0.2) is 6.61 Å². The average molecular weight is 215 g/mol. The Bertz CT molecular complexity index is 366. The van der Waals surface area contributed by atoms with E-state index in [1.807, 2.05) is 0 Å². The predicted octanol–water partition coefficient (Wildman–Crippen LogP) is 4.03. The first-order chi connectivity index (χ1) is 7.90. The number of benzene rings is 1. The van der Waals surface area contributed by atoms with Crippen molar-refractivity contribution < 1.29 is 4.74 Å². The fourth-order valence-electron chi connectivity index (χ4n) is 1.99. The van der Waals surface area contributed by atoms with E-state index in [2.05, 4.69) is 37.3 Å². The van der Waals surface area contributed by atoms with Gasteiger partial charge >= 0.3 is 0 Å². The SMILES string of the molecule is [CH2]CCCCCc1ccc2c(c1)OCC=C2. The van der Waals surface area contributed by atoms with Gasteiger partial charge in [-0.2, -0.15) is 0 Å². The highest BCUT2D eigenvalue weighted by Crippen LogP contribution is 2.25. The number of unbranched alkanes of at least 4 members (excludes halogenated alkanes) is 3. The number of ether oxygens (including phenoxy) is 1. The van der Waals surface area contributed by atoms with Gasteiger partial charge in [-0.1, -0.05) is 44.4 Å². The van der Waals surface area contributed by atoms with Crippen LogP contribution in [0.3, 0.4) is 0 Å². The van der Waals surface area contributed by atoms with Gasteiger partial charge < -0.3 is 4.74 Å². The zero-order valence-corrected chi connectivity index (χ0v) is 9.74. The first-order valence-corrected chi connectivity index (χ1v) is 6.11. The first-order valence-electron chi connectivity index (χ1n) is 6.11. The molecule has 0 bridgehead atoms. The highest BCUT2D eigenvalue weighted by atomic mass is 16.5. The summed E-state index contributed by atoms with van der Waals surface area (Å²) in [7, 11) is 0. The molecule has 0 aromatic heterocycles. The smallest absolute Gasteiger partial charge is 0.127 e. The number of rotatable bonds is 5. The van der Waals surface area contributed by atoms with E-state index in [1.54, 1.807) is 0 Å².